The average Bonchev–Trinajstić information content (AvgIpc) is 2.86. The summed E-state index contributed by atoms with van der Waals surface area (Å²) in [4.78, 5) is 37.5. The summed E-state index contributed by atoms with van der Waals surface area (Å²) in [6.07, 6.45) is 1.57. The molecule has 0 unspecified atom stereocenters. The van der Waals surface area contributed by atoms with E-state index < -0.39 is 23.7 Å². The highest BCUT2D eigenvalue weighted by molar-refractivity contribution is 9.10. The quantitative estimate of drug-likeness (QED) is 0.455. The molecule has 2 amide bonds. The third-order valence-electron chi connectivity index (χ3n) is 3.49. The fourth-order valence-corrected chi connectivity index (χ4v) is 3.70. The second kappa shape index (κ2) is 9.27. The number of thioether (sulfide) groups is 1. The average molecular weight is 458 g/mol. The van der Waals surface area contributed by atoms with Crippen LogP contribution < -0.4 is 9.47 Å². The summed E-state index contributed by atoms with van der Waals surface area (Å²) in [5.74, 6) is 0.0380. The molecule has 7 nitrogen and oxygen atoms in total. The Hall–Kier alpha value is -2.00. The van der Waals surface area contributed by atoms with Crippen molar-refractivity contribution in [3.63, 3.8) is 0 Å². The topological polar surface area (TPSA) is 82.1 Å². The van der Waals surface area contributed by atoms with E-state index in [4.69, 9.17) is 14.2 Å². The summed E-state index contributed by atoms with van der Waals surface area (Å²) >= 11 is 4.16. The molecule has 1 aliphatic rings. The van der Waals surface area contributed by atoms with E-state index in [9.17, 15) is 14.4 Å². The minimum absolute atomic E-state index is 0.173. The highest BCUT2D eigenvalue weighted by atomic mass is 79.9. The van der Waals surface area contributed by atoms with Crippen molar-refractivity contribution in [1.82, 2.24) is 4.90 Å². The van der Waals surface area contributed by atoms with Crippen molar-refractivity contribution in [2.45, 2.75) is 13.8 Å². The van der Waals surface area contributed by atoms with Crippen molar-refractivity contribution >= 4 is 50.9 Å². The van der Waals surface area contributed by atoms with Gasteiger partial charge in [0.05, 0.1) is 30.2 Å². The lowest BCUT2D eigenvalue weighted by atomic mass is 10.2. The molecule has 2 rings (SSSR count). The van der Waals surface area contributed by atoms with Gasteiger partial charge in [-0.25, -0.2) is 0 Å². The lowest BCUT2D eigenvalue weighted by Gasteiger charge is -2.13. The van der Waals surface area contributed by atoms with Gasteiger partial charge in [0.2, 0.25) is 0 Å². The Morgan fingerprint density at radius 3 is 2.56 bits per heavy atom. The van der Waals surface area contributed by atoms with Crippen LogP contribution in [0.4, 0.5) is 4.79 Å². The van der Waals surface area contributed by atoms with E-state index in [0.29, 0.717) is 21.5 Å². The molecule has 27 heavy (non-hydrogen) atoms. The second-order valence-corrected chi connectivity index (χ2v) is 7.93. The van der Waals surface area contributed by atoms with Crippen molar-refractivity contribution in [2.75, 3.05) is 27.4 Å². The smallest absolute Gasteiger partial charge is 0.326 e. The summed E-state index contributed by atoms with van der Waals surface area (Å²) in [6, 6.07) is 3.43. The van der Waals surface area contributed by atoms with Crippen molar-refractivity contribution in [3.8, 4) is 11.5 Å². The van der Waals surface area contributed by atoms with Gasteiger partial charge < -0.3 is 14.2 Å². The minimum Gasteiger partial charge on any atom is -0.493 e. The molecule has 1 aliphatic heterocycles. The number of nitrogens with zero attached hydrogens (tertiary/aromatic N) is 1. The Morgan fingerprint density at radius 2 is 1.96 bits per heavy atom. The van der Waals surface area contributed by atoms with Crippen LogP contribution >= 0.6 is 27.7 Å². The highest BCUT2D eigenvalue weighted by Gasteiger charge is 2.36. The van der Waals surface area contributed by atoms with Crippen molar-refractivity contribution in [3.05, 3.63) is 27.1 Å². The first-order valence-corrected chi connectivity index (χ1v) is 9.70. The molecule has 1 fully saturated rings. The molecule has 9 heteroatoms. The number of hydrogen-bond acceptors (Lipinski definition) is 7. The van der Waals surface area contributed by atoms with Crippen LogP contribution in [0.25, 0.3) is 6.08 Å². The van der Waals surface area contributed by atoms with Gasteiger partial charge in [0, 0.05) is 0 Å². The van der Waals surface area contributed by atoms with Crippen LogP contribution in [0.3, 0.4) is 0 Å². The maximum atomic E-state index is 12.5. The van der Waals surface area contributed by atoms with Crippen LogP contribution in [0, 0.1) is 5.92 Å². The zero-order chi connectivity index (χ0) is 20.1. The Bertz CT molecular complexity index is 792. The fourth-order valence-electron chi connectivity index (χ4n) is 2.24. The monoisotopic (exact) mass is 457 g/mol. The third-order valence-corrected chi connectivity index (χ3v) is 4.99. The highest BCUT2D eigenvalue weighted by Crippen LogP contribution is 2.38. The molecule has 0 aliphatic carbocycles. The van der Waals surface area contributed by atoms with Gasteiger partial charge in [-0.15, -0.1) is 0 Å². The molecule has 0 bridgehead atoms. The maximum Gasteiger partial charge on any atom is 0.326 e. The molecule has 1 saturated heterocycles. The number of carbonyl (C=O) groups excluding carboxylic acids is 3. The van der Waals surface area contributed by atoms with Crippen LogP contribution in [-0.4, -0.2) is 49.4 Å². The number of ether oxygens (including phenoxy) is 3. The first-order valence-electron chi connectivity index (χ1n) is 8.09. The summed E-state index contributed by atoms with van der Waals surface area (Å²) in [5.41, 5.74) is 0.646. The van der Waals surface area contributed by atoms with Gasteiger partial charge in [0.15, 0.2) is 11.5 Å². The molecule has 1 aromatic rings. The first kappa shape index (κ1) is 21.3. The third kappa shape index (κ3) is 5.26. The van der Waals surface area contributed by atoms with Crippen LogP contribution in [0.15, 0.2) is 21.5 Å². The molecule has 1 aromatic carbocycles. The molecule has 0 aromatic heterocycles. The van der Waals surface area contributed by atoms with Crippen molar-refractivity contribution in [1.29, 1.82) is 0 Å². The van der Waals surface area contributed by atoms with Gasteiger partial charge in [-0.2, -0.15) is 0 Å². The number of halogens is 1. The standard InChI is InChI=1S/C18H20BrNO6S/c1-10(2)9-26-15(21)8-20-17(22)14(27-18(20)23)7-11-5-12(19)16(25-4)13(6-11)24-3/h5-7,10H,8-9H2,1-4H3/b14-7+. The molecule has 0 N–H and O–H groups in total. The summed E-state index contributed by atoms with van der Waals surface area (Å²) in [6.45, 7) is 3.64. The Kier molecular flexibility index (Phi) is 7.32. The summed E-state index contributed by atoms with van der Waals surface area (Å²) in [5, 5.41) is -0.507. The first-order chi connectivity index (χ1) is 12.8. The molecule has 0 saturated carbocycles. The van der Waals surface area contributed by atoms with Gasteiger partial charge in [-0.1, -0.05) is 13.8 Å². The van der Waals surface area contributed by atoms with E-state index in [1.54, 1.807) is 18.2 Å². The predicted molar refractivity (Wildman–Crippen MR) is 106 cm³/mol. The predicted octanol–water partition coefficient (Wildman–Crippen LogP) is 3.70. The normalized spacial score (nSPS) is 15.6. The molecular weight excluding hydrogens is 438 g/mol. The number of esters is 1. The SMILES string of the molecule is COc1cc(/C=C2/SC(=O)N(CC(=O)OCC(C)C)C2=O)cc(Br)c1OC. The Labute approximate surface area is 170 Å². The van der Waals surface area contributed by atoms with E-state index in [2.05, 4.69) is 15.9 Å². The van der Waals surface area contributed by atoms with Gasteiger partial charge in [-0.3, -0.25) is 19.3 Å². The van der Waals surface area contributed by atoms with E-state index in [-0.39, 0.29) is 17.4 Å². The maximum absolute atomic E-state index is 12.5. The molecule has 1 heterocycles. The number of amides is 2. The van der Waals surface area contributed by atoms with Gasteiger partial charge in [0.1, 0.15) is 6.54 Å². The zero-order valence-electron chi connectivity index (χ0n) is 15.4. The number of carbonyl (C=O) groups is 3. The van der Waals surface area contributed by atoms with Crippen molar-refractivity contribution < 1.29 is 28.6 Å². The van der Waals surface area contributed by atoms with Crippen LogP contribution in [-0.2, 0) is 14.3 Å². The van der Waals surface area contributed by atoms with E-state index >= 15 is 0 Å². The largest absolute Gasteiger partial charge is 0.493 e. The molecular formula is C18H20BrNO6S. The Morgan fingerprint density at radius 1 is 1.26 bits per heavy atom. The van der Waals surface area contributed by atoms with Crippen LogP contribution in [0.1, 0.15) is 19.4 Å². The zero-order valence-corrected chi connectivity index (χ0v) is 17.8. The molecule has 0 atom stereocenters. The van der Waals surface area contributed by atoms with Gasteiger partial charge in [0.25, 0.3) is 11.1 Å². The van der Waals surface area contributed by atoms with E-state index in [1.807, 2.05) is 13.8 Å². The minimum atomic E-state index is -0.610. The van der Waals surface area contributed by atoms with Gasteiger partial charge >= 0.3 is 5.97 Å². The summed E-state index contributed by atoms with van der Waals surface area (Å²) in [7, 11) is 3.02. The van der Waals surface area contributed by atoms with Gasteiger partial charge in [-0.05, 0) is 57.4 Å². The number of imide groups is 1. The second-order valence-electron chi connectivity index (χ2n) is 6.08. The number of benzene rings is 1. The lowest BCUT2D eigenvalue weighted by molar-refractivity contribution is -0.147. The van der Waals surface area contributed by atoms with Crippen molar-refractivity contribution in [2.24, 2.45) is 5.92 Å². The lowest BCUT2D eigenvalue weighted by Crippen LogP contribution is -2.34. The molecule has 0 spiro atoms. The molecule has 146 valence electrons. The van der Waals surface area contributed by atoms with E-state index in [1.165, 1.54) is 14.2 Å². The molecule has 0 radical (unpaired) electrons. The number of methoxy groups -OCH3 is 2. The number of rotatable bonds is 7. The summed E-state index contributed by atoms with van der Waals surface area (Å²) < 4.78 is 16.2. The van der Waals surface area contributed by atoms with E-state index in [0.717, 1.165) is 16.7 Å². The van der Waals surface area contributed by atoms with Crippen LogP contribution in [0.2, 0.25) is 0 Å². The fraction of sp³-hybridized carbons (Fsp3) is 0.389. The Balaban J connectivity index is 2.18. The van der Waals surface area contributed by atoms with Crippen LogP contribution in [0.5, 0.6) is 11.5 Å². The number of hydrogen-bond donors (Lipinski definition) is 0.